The maximum atomic E-state index is 11.6. The number of rotatable bonds is 3. The van der Waals surface area contributed by atoms with Crippen LogP contribution in [-0.2, 0) is 0 Å². The fourth-order valence-corrected chi connectivity index (χ4v) is 1.10. The molecule has 1 atom stereocenters. The van der Waals surface area contributed by atoms with E-state index in [0.717, 1.165) is 13.0 Å². The van der Waals surface area contributed by atoms with Crippen molar-refractivity contribution in [2.45, 2.75) is 46.6 Å². The average Bonchev–Trinajstić information content (AvgIpc) is 2.00. The molecule has 0 aromatic rings. The van der Waals surface area contributed by atoms with Crippen molar-refractivity contribution in [2.75, 3.05) is 13.6 Å². The molecule has 84 valence electrons. The maximum Gasteiger partial charge on any atom is 0.317 e. The minimum Gasteiger partial charge on any atom is -0.333 e. The fraction of sp³-hybridized carbons (Fsp3) is 0.909. The summed E-state index contributed by atoms with van der Waals surface area (Å²) >= 11 is 0. The van der Waals surface area contributed by atoms with Crippen LogP contribution >= 0.6 is 0 Å². The number of nitrogens with zero attached hydrogens (tertiary/aromatic N) is 1. The van der Waals surface area contributed by atoms with Gasteiger partial charge in [0.25, 0.3) is 0 Å². The van der Waals surface area contributed by atoms with Crippen molar-refractivity contribution in [3.63, 3.8) is 0 Å². The van der Waals surface area contributed by atoms with E-state index in [4.69, 9.17) is 0 Å². The summed E-state index contributed by atoms with van der Waals surface area (Å²) in [4.78, 5) is 13.4. The monoisotopic (exact) mass is 200 g/mol. The van der Waals surface area contributed by atoms with Crippen LogP contribution in [0.1, 0.15) is 41.0 Å². The van der Waals surface area contributed by atoms with Crippen LogP contribution in [0.2, 0.25) is 0 Å². The fourth-order valence-electron chi connectivity index (χ4n) is 1.10. The summed E-state index contributed by atoms with van der Waals surface area (Å²) in [5, 5.41) is 2.94. The Labute approximate surface area is 87.9 Å². The summed E-state index contributed by atoms with van der Waals surface area (Å²) < 4.78 is 0. The normalized spacial score (nSPS) is 13.6. The van der Waals surface area contributed by atoms with Crippen molar-refractivity contribution in [3.05, 3.63) is 0 Å². The second-order valence-electron chi connectivity index (χ2n) is 5.07. The van der Waals surface area contributed by atoms with Crippen LogP contribution < -0.4 is 5.32 Å². The minimum atomic E-state index is -0.152. The van der Waals surface area contributed by atoms with E-state index in [1.54, 1.807) is 4.90 Å². The zero-order valence-electron chi connectivity index (χ0n) is 10.3. The molecule has 3 nitrogen and oxygen atoms in total. The summed E-state index contributed by atoms with van der Waals surface area (Å²) in [6.45, 7) is 11.1. The molecule has 3 heteroatoms. The van der Waals surface area contributed by atoms with Crippen molar-refractivity contribution in [3.8, 4) is 0 Å². The summed E-state index contributed by atoms with van der Waals surface area (Å²) in [6, 6.07) is 0.0119. The molecule has 0 bridgehead atoms. The smallest absolute Gasteiger partial charge is 0.317 e. The van der Waals surface area contributed by atoms with Crippen LogP contribution in [0, 0.1) is 5.92 Å². The van der Waals surface area contributed by atoms with Gasteiger partial charge < -0.3 is 10.2 Å². The van der Waals surface area contributed by atoms with Gasteiger partial charge in [0.05, 0.1) is 0 Å². The number of carbonyl (C=O) groups is 1. The lowest BCUT2D eigenvalue weighted by atomic mass is 10.1. The van der Waals surface area contributed by atoms with E-state index in [2.05, 4.69) is 19.2 Å². The first-order chi connectivity index (χ1) is 6.26. The first-order valence-corrected chi connectivity index (χ1v) is 5.29. The lowest BCUT2D eigenvalue weighted by molar-refractivity contribution is 0.192. The quantitative estimate of drug-likeness (QED) is 0.745. The highest BCUT2D eigenvalue weighted by atomic mass is 16.2. The Hall–Kier alpha value is -0.730. The van der Waals surface area contributed by atoms with Crippen LogP contribution in [0.3, 0.4) is 0 Å². The molecule has 0 rings (SSSR count). The highest BCUT2D eigenvalue weighted by Crippen LogP contribution is 2.05. The van der Waals surface area contributed by atoms with Crippen molar-refractivity contribution in [2.24, 2.45) is 5.92 Å². The van der Waals surface area contributed by atoms with Crippen molar-refractivity contribution in [1.29, 1.82) is 0 Å². The van der Waals surface area contributed by atoms with E-state index in [0.29, 0.717) is 5.92 Å². The molecule has 2 amide bonds. The van der Waals surface area contributed by atoms with E-state index < -0.39 is 0 Å². The third kappa shape index (κ3) is 5.84. The molecule has 0 aliphatic rings. The molecular weight excluding hydrogens is 176 g/mol. The van der Waals surface area contributed by atoms with Gasteiger partial charge in [-0.2, -0.15) is 0 Å². The zero-order chi connectivity index (χ0) is 11.4. The topological polar surface area (TPSA) is 32.3 Å². The molecule has 0 saturated carbocycles. The van der Waals surface area contributed by atoms with Gasteiger partial charge in [0.1, 0.15) is 0 Å². The summed E-state index contributed by atoms with van der Waals surface area (Å²) in [7, 11) is 1.84. The second-order valence-corrected chi connectivity index (χ2v) is 5.07. The number of carbonyl (C=O) groups excluding carboxylic acids is 1. The molecule has 0 aromatic heterocycles. The molecule has 0 radical (unpaired) electrons. The summed E-state index contributed by atoms with van der Waals surface area (Å²) in [5.74, 6) is 0.561. The Morgan fingerprint density at radius 2 is 1.93 bits per heavy atom. The molecule has 1 N–H and O–H groups in total. The van der Waals surface area contributed by atoms with E-state index in [9.17, 15) is 4.79 Å². The van der Waals surface area contributed by atoms with Gasteiger partial charge in [-0.15, -0.1) is 0 Å². The Morgan fingerprint density at radius 1 is 1.43 bits per heavy atom. The SMILES string of the molecule is CCC(C)CN(C)C(=O)NC(C)(C)C. The van der Waals surface area contributed by atoms with E-state index in [1.807, 2.05) is 27.8 Å². The van der Waals surface area contributed by atoms with Crippen molar-refractivity contribution in [1.82, 2.24) is 10.2 Å². The van der Waals surface area contributed by atoms with Crippen LogP contribution in [0.5, 0.6) is 0 Å². The standard InChI is InChI=1S/C11H24N2O/c1-7-9(2)8-13(6)10(14)12-11(3,4)5/h9H,7-8H2,1-6H3,(H,12,14). The minimum absolute atomic E-state index is 0.0119. The van der Waals surface area contributed by atoms with Gasteiger partial charge >= 0.3 is 6.03 Å². The van der Waals surface area contributed by atoms with Gasteiger partial charge in [0, 0.05) is 19.1 Å². The third-order valence-corrected chi connectivity index (χ3v) is 2.11. The molecule has 0 fully saturated rings. The maximum absolute atomic E-state index is 11.6. The number of nitrogens with one attached hydrogen (secondary N) is 1. The average molecular weight is 200 g/mol. The molecule has 0 aliphatic heterocycles. The molecule has 1 unspecified atom stereocenters. The van der Waals surface area contributed by atoms with Crippen molar-refractivity contribution < 1.29 is 4.79 Å². The first-order valence-electron chi connectivity index (χ1n) is 5.29. The lowest BCUT2D eigenvalue weighted by Crippen LogP contribution is -2.48. The highest BCUT2D eigenvalue weighted by molar-refractivity contribution is 5.74. The van der Waals surface area contributed by atoms with Gasteiger partial charge in [-0.1, -0.05) is 20.3 Å². The van der Waals surface area contributed by atoms with Crippen molar-refractivity contribution >= 4 is 6.03 Å². The van der Waals surface area contributed by atoms with E-state index in [1.165, 1.54) is 0 Å². The molecular formula is C11H24N2O. The number of hydrogen-bond donors (Lipinski definition) is 1. The van der Waals surface area contributed by atoms with Gasteiger partial charge in [0.15, 0.2) is 0 Å². The summed E-state index contributed by atoms with van der Waals surface area (Å²) in [5.41, 5.74) is -0.152. The zero-order valence-corrected chi connectivity index (χ0v) is 10.3. The number of amides is 2. The predicted molar refractivity (Wildman–Crippen MR) is 60.4 cm³/mol. The second kappa shape index (κ2) is 5.23. The number of hydrogen-bond acceptors (Lipinski definition) is 1. The molecule has 0 heterocycles. The molecule has 0 aliphatic carbocycles. The van der Waals surface area contributed by atoms with Crippen LogP contribution in [0.25, 0.3) is 0 Å². The van der Waals surface area contributed by atoms with Crippen LogP contribution in [0.4, 0.5) is 4.79 Å². The lowest BCUT2D eigenvalue weighted by Gasteiger charge is -2.27. The van der Waals surface area contributed by atoms with Crippen LogP contribution in [0.15, 0.2) is 0 Å². The largest absolute Gasteiger partial charge is 0.333 e. The molecule has 0 saturated heterocycles. The summed E-state index contributed by atoms with van der Waals surface area (Å²) in [6.07, 6.45) is 1.10. The van der Waals surface area contributed by atoms with Gasteiger partial charge in [-0.05, 0) is 26.7 Å². The Morgan fingerprint density at radius 3 is 2.29 bits per heavy atom. The Kier molecular flexibility index (Phi) is 4.95. The van der Waals surface area contributed by atoms with Gasteiger partial charge in [0.2, 0.25) is 0 Å². The Balaban J connectivity index is 4.00. The molecule has 0 aromatic carbocycles. The molecule has 0 spiro atoms. The van der Waals surface area contributed by atoms with E-state index in [-0.39, 0.29) is 11.6 Å². The van der Waals surface area contributed by atoms with Crippen LogP contribution in [-0.4, -0.2) is 30.1 Å². The van der Waals surface area contributed by atoms with E-state index >= 15 is 0 Å². The van der Waals surface area contributed by atoms with Gasteiger partial charge in [-0.25, -0.2) is 4.79 Å². The van der Waals surface area contributed by atoms with Gasteiger partial charge in [-0.3, -0.25) is 0 Å². The highest BCUT2D eigenvalue weighted by Gasteiger charge is 2.17. The number of urea groups is 1. The first kappa shape index (κ1) is 13.3. The Bertz CT molecular complexity index is 184. The third-order valence-electron chi connectivity index (χ3n) is 2.11. The predicted octanol–water partition coefficient (Wildman–Crippen LogP) is 2.47. The molecule has 14 heavy (non-hydrogen) atoms.